The molecule has 2 aromatic heterocycles. The Morgan fingerprint density at radius 3 is 2.42 bits per heavy atom. The molecule has 0 unspecified atom stereocenters. The largest absolute Gasteiger partial charge is 0.235 e. The fraction of sp³-hybridized carbons (Fsp3) is 0.105. The van der Waals surface area contributed by atoms with Gasteiger partial charge in [-0.2, -0.15) is 9.61 Å². The van der Waals surface area contributed by atoms with Gasteiger partial charge in [-0.3, -0.25) is 0 Å². The summed E-state index contributed by atoms with van der Waals surface area (Å²) in [4.78, 5) is 0.803. The second-order valence-electron chi connectivity index (χ2n) is 5.78. The zero-order valence-electron chi connectivity index (χ0n) is 13.5. The molecular weight excluding hydrogens is 316 g/mol. The van der Waals surface area contributed by atoms with E-state index in [-0.39, 0.29) is 0 Å². The zero-order valence-corrected chi connectivity index (χ0v) is 14.3. The predicted molar refractivity (Wildman–Crippen MR) is 98.9 cm³/mol. The van der Waals surface area contributed by atoms with Gasteiger partial charge in [0.15, 0.2) is 5.82 Å². The summed E-state index contributed by atoms with van der Waals surface area (Å²) < 4.78 is 1.82. The number of hydrogen-bond donors (Lipinski definition) is 0. The van der Waals surface area contributed by atoms with Crippen LogP contribution in [0.1, 0.15) is 21.7 Å². The maximum Gasteiger partial charge on any atom is 0.235 e. The molecule has 0 bridgehead atoms. The molecule has 0 saturated carbocycles. The van der Waals surface area contributed by atoms with E-state index in [1.807, 2.05) is 28.8 Å². The van der Waals surface area contributed by atoms with Gasteiger partial charge in [0, 0.05) is 5.56 Å². The Labute approximate surface area is 144 Å². The van der Waals surface area contributed by atoms with Gasteiger partial charge in [-0.15, -0.1) is 10.2 Å². The van der Waals surface area contributed by atoms with Crippen LogP contribution in [0.3, 0.4) is 0 Å². The fourth-order valence-electron chi connectivity index (χ4n) is 2.71. The molecule has 0 saturated heterocycles. The highest BCUT2D eigenvalue weighted by atomic mass is 32.1. The molecule has 0 aliphatic carbocycles. The van der Waals surface area contributed by atoms with E-state index in [1.165, 1.54) is 22.5 Å². The molecule has 2 heterocycles. The minimum absolute atomic E-state index is 0.785. The number of aromatic nitrogens is 4. The summed E-state index contributed by atoms with van der Waals surface area (Å²) in [5.74, 6) is 0.785. The van der Waals surface area contributed by atoms with E-state index >= 15 is 0 Å². The van der Waals surface area contributed by atoms with Crippen LogP contribution in [0.15, 0.2) is 48.5 Å². The molecule has 4 nitrogen and oxygen atoms in total. The van der Waals surface area contributed by atoms with Crippen LogP contribution >= 0.6 is 11.3 Å². The number of nitrogens with zero attached hydrogens (tertiary/aromatic N) is 4. The smallest absolute Gasteiger partial charge is 0.182 e. The van der Waals surface area contributed by atoms with Crippen LogP contribution in [0.5, 0.6) is 0 Å². The summed E-state index contributed by atoms with van der Waals surface area (Å²) in [6.45, 7) is 4.17. The van der Waals surface area contributed by atoms with E-state index in [1.54, 1.807) is 0 Å². The molecule has 2 aromatic carbocycles. The van der Waals surface area contributed by atoms with Crippen molar-refractivity contribution in [3.8, 4) is 11.4 Å². The van der Waals surface area contributed by atoms with Crippen molar-refractivity contribution >= 4 is 28.4 Å². The number of rotatable bonds is 3. The Hall–Kier alpha value is -2.79. The van der Waals surface area contributed by atoms with Crippen molar-refractivity contribution in [3.63, 3.8) is 0 Å². The Balaban J connectivity index is 1.72. The van der Waals surface area contributed by atoms with Gasteiger partial charge in [-0.1, -0.05) is 64.9 Å². The Morgan fingerprint density at radius 1 is 0.917 bits per heavy atom. The van der Waals surface area contributed by atoms with Crippen molar-refractivity contribution in [3.05, 3.63) is 70.2 Å². The van der Waals surface area contributed by atoms with Gasteiger partial charge in [0.1, 0.15) is 5.01 Å². The molecule has 24 heavy (non-hydrogen) atoms. The lowest BCUT2D eigenvalue weighted by Gasteiger charge is -2.01. The quantitative estimate of drug-likeness (QED) is 0.549. The average molecular weight is 332 g/mol. The molecule has 5 heteroatoms. The molecule has 4 rings (SSSR count). The van der Waals surface area contributed by atoms with Gasteiger partial charge in [0.2, 0.25) is 4.96 Å². The first-order valence-corrected chi connectivity index (χ1v) is 8.55. The van der Waals surface area contributed by atoms with Crippen LogP contribution in [-0.2, 0) is 0 Å². The molecule has 118 valence electrons. The Bertz CT molecular complexity index is 1010. The molecule has 4 aromatic rings. The monoisotopic (exact) mass is 332 g/mol. The van der Waals surface area contributed by atoms with Crippen LogP contribution in [0, 0.1) is 13.8 Å². The van der Waals surface area contributed by atoms with Crippen molar-refractivity contribution in [2.45, 2.75) is 13.8 Å². The first kappa shape index (κ1) is 14.8. The first-order chi connectivity index (χ1) is 11.7. The van der Waals surface area contributed by atoms with Gasteiger partial charge < -0.3 is 0 Å². The summed E-state index contributed by atoms with van der Waals surface area (Å²) in [6.07, 6.45) is 4.07. The molecule has 0 N–H and O–H groups in total. The fourth-order valence-corrected chi connectivity index (χ4v) is 3.46. The van der Waals surface area contributed by atoms with Gasteiger partial charge in [0.05, 0.1) is 0 Å². The lowest BCUT2D eigenvalue weighted by Crippen LogP contribution is -1.92. The summed E-state index contributed by atoms with van der Waals surface area (Å²) in [7, 11) is 0. The van der Waals surface area contributed by atoms with Gasteiger partial charge >= 0.3 is 0 Å². The van der Waals surface area contributed by atoms with E-state index in [2.05, 4.69) is 65.6 Å². The van der Waals surface area contributed by atoms with Gasteiger partial charge in [0.25, 0.3) is 0 Å². The normalized spacial score (nSPS) is 11.6. The maximum atomic E-state index is 4.65. The standard InChI is InChI=1S/C19H16N4S/c1-13-10-14(2)12-16(11-13)18-20-21-19-23(18)22-17(24-19)9-8-15-6-4-3-5-7-15/h3-12H,1-2H3/b9-8+. The Morgan fingerprint density at radius 2 is 1.67 bits per heavy atom. The highest BCUT2D eigenvalue weighted by molar-refractivity contribution is 7.17. The van der Waals surface area contributed by atoms with Crippen molar-refractivity contribution in [1.82, 2.24) is 19.8 Å². The minimum Gasteiger partial charge on any atom is -0.182 e. The molecule has 0 aliphatic rings. The van der Waals surface area contributed by atoms with E-state index in [9.17, 15) is 0 Å². The molecule has 0 atom stereocenters. The number of benzene rings is 2. The maximum absolute atomic E-state index is 4.65. The number of hydrogen-bond acceptors (Lipinski definition) is 4. The molecule has 0 amide bonds. The zero-order chi connectivity index (χ0) is 16.5. The van der Waals surface area contributed by atoms with Crippen LogP contribution in [0.2, 0.25) is 0 Å². The van der Waals surface area contributed by atoms with Crippen LogP contribution in [-0.4, -0.2) is 19.8 Å². The number of fused-ring (bicyclic) bond motifs is 1. The Kier molecular flexibility index (Phi) is 3.70. The van der Waals surface area contributed by atoms with Crippen molar-refractivity contribution in [2.75, 3.05) is 0 Å². The third-order valence-electron chi connectivity index (χ3n) is 3.70. The second-order valence-corrected chi connectivity index (χ2v) is 6.77. The second kappa shape index (κ2) is 6.02. The highest BCUT2D eigenvalue weighted by Gasteiger charge is 2.12. The first-order valence-electron chi connectivity index (χ1n) is 7.73. The summed E-state index contributed by atoms with van der Waals surface area (Å²) in [6, 6.07) is 16.6. The van der Waals surface area contributed by atoms with Gasteiger partial charge in [-0.25, -0.2) is 0 Å². The third kappa shape index (κ3) is 2.86. The van der Waals surface area contributed by atoms with E-state index < -0.39 is 0 Å². The van der Waals surface area contributed by atoms with E-state index in [4.69, 9.17) is 0 Å². The van der Waals surface area contributed by atoms with Crippen LogP contribution < -0.4 is 0 Å². The minimum atomic E-state index is 0.785. The highest BCUT2D eigenvalue weighted by Crippen LogP contribution is 2.24. The number of aryl methyl sites for hydroxylation is 2. The van der Waals surface area contributed by atoms with Crippen molar-refractivity contribution in [2.24, 2.45) is 0 Å². The van der Waals surface area contributed by atoms with Gasteiger partial charge in [-0.05, 0) is 37.6 Å². The molecule has 0 fully saturated rings. The molecule has 0 aliphatic heterocycles. The molecular formula is C19H16N4S. The predicted octanol–water partition coefficient (Wildman–Crippen LogP) is 4.64. The van der Waals surface area contributed by atoms with Crippen molar-refractivity contribution < 1.29 is 0 Å². The van der Waals surface area contributed by atoms with Crippen LogP contribution in [0.25, 0.3) is 28.5 Å². The summed E-state index contributed by atoms with van der Waals surface area (Å²) in [5, 5.41) is 14.1. The molecule has 0 spiro atoms. The SMILES string of the molecule is Cc1cc(C)cc(-c2nnc3sc(/C=C/c4ccccc4)nn23)c1. The van der Waals surface area contributed by atoms with Crippen LogP contribution in [0.4, 0.5) is 0 Å². The molecule has 0 radical (unpaired) electrons. The lowest BCUT2D eigenvalue weighted by molar-refractivity contribution is 0.959. The third-order valence-corrected chi connectivity index (χ3v) is 4.57. The van der Waals surface area contributed by atoms with E-state index in [0.717, 1.165) is 26.9 Å². The summed E-state index contributed by atoms with van der Waals surface area (Å²) >= 11 is 1.53. The topological polar surface area (TPSA) is 43.1 Å². The van der Waals surface area contributed by atoms with E-state index in [0.29, 0.717) is 0 Å². The average Bonchev–Trinajstić information content (AvgIpc) is 3.13. The lowest BCUT2D eigenvalue weighted by atomic mass is 10.1. The summed E-state index contributed by atoms with van der Waals surface area (Å²) in [5.41, 5.74) is 4.62. The van der Waals surface area contributed by atoms with Crippen molar-refractivity contribution in [1.29, 1.82) is 0 Å².